The van der Waals surface area contributed by atoms with E-state index in [0.717, 1.165) is 36.8 Å². The molecule has 0 aliphatic carbocycles. The number of unbranched alkanes of at least 4 members (excludes halogenated alkanes) is 1. The fraction of sp³-hybridized carbons (Fsp3) is 0.647. The van der Waals surface area contributed by atoms with Crippen LogP contribution in [0.15, 0.2) is 15.7 Å². The summed E-state index contributed by atoms with van der Waals surface area (Å²) in [7, 11) is 4.26. The molecule has 0 radical (unpaired) electrons. The van der Waals surface area contributed by atoms with E-state index in [1.165, 1.54) is 16.7 Å². The van der Waals surface area contributed by atoms with Crippen LogP contribution in [0.2, 0.25) is 0 Å². The molecule has 0 aliphatic heterocycles. The van der Waals surface area contributed by atoms with E-state index in [0.29, 0.717) is 17.6 Å². The molecule has 26 heavy (non-hydrogen) atoms. The van der Waals surface area contributed by atoms with Gasteiger partial charge in [-0.15, -0.1) is 10.2 Å². The van der Waals surface area contributed by atoms with Gasteiger partial charge in [0.2, 0.25) is 5.91 Å². The van der Waals surface area contributed by atoms with Gasteiger partial charge in [0.1, 0.15) is 11.8 Å². The van der Waals surface area contributed by atoms with Crippen LogP contribution in [0.4, 0.5) is 5.82 Å². The molecule has 2 heterocycles. The zero-order valence-corrected chi connectivity index (χ0v) is 17.0. The maximum absolute atomic E-state index is 12.2. The van der Waals surface area contributed by atoms with E-state index in [4.69, 9.17) is 4.52 Å². The van der Waals surface area contributed by atoms with Crippen molar-refractivity contribution in [3.05, 3.63) is 17.7 Å². The monoisotopic (exact) mass is 381 g/mol. The van der Waals surface area contributed by atoms with Crippen molar-refractivity contribution in [1.82, 2.24) is 19.9 Å². The average molecular weight is 382 g/mol. The smallest absolute Gasteiger partial charge is 0.236 e. The van der Waals surface area contributed by atoms with Gasteiger partial charge in [-0.2, -0.15) is 0 Å². The van der Waals surface area contributed by atoms with Crippen molar-refractivity contribution in [2.24, 2.45) is 0 Å². The standard InChI is InChI=1S/C17H28N6O2S/c1-6-8-9-23-16(13(7-2)22(4)5)19-20-17(23)26-11-15(24)18-14-10-12(3)25-21-14/h10,13H,6-9,11H2,1-5H3,(H,18,21,24)/p+1/t13-/m1/s1. The fourth-order valence-corrected chi connectivity index (χ4v) is 3.55. The van der Waals surface area contributed by atoms with Crippen LogP contribution in [0.25, 0.3) is 0 Å². The summed E-state index contributed by atoms with van der Waals surface area (Å²) in [5.74, 6) is 2.20. The molecular formula is C17H29N6O2S+. The largest absolute Gasteiger partial charge is 0.360 e. The van der Waals surface area contributed by atoms with Gasteiger partial charge in [-0.3, -0.25) is 4.79 Å². The highest BCUT2D eigenvalue weighted by atomic mass is 32.2. The van der Waals surface area contributed by atoms with Gasteiger partial charge in [-0.1, -0.05) is 37.2 Å². The Morgan fingerprint density at radius 2 is 2.15 bits per heavy atom. The lowest BCUT2D eigenvalue weighted by Crippen LogP contribution is -3.06. The van der Waals surface area contributed by atoms with Crippen molar-refractivity contribution >= 4 is 23.5 Å². The number of hydrogen-bond acceptors (Lipinski definition) is 6. The molecule has 0 saturated heterocycles. The predicted molar refractivity (Wildman–Crippen MR) is 101 cm³/mol. The maximum Gasteiger partial charge on any atom is 0.236 e. The molecule has 1 amide bonds. The van der Waals surface area contributed by atoms with E-state index < -0.39 is 0 Å². The lowest BCUT2D eigenvalue weighted by molar-refractivity contribution is -0.893. The first-order valence-corrected chi connectivity index (χ1v) is 10.0. The van der Waals surface area contributed by atoms with Crippen LogP contribution in [0, 0.1) is 6.92 Å². The molecule has 8 nitrogen and oxygen atoms in total. The lowest BCUT2D eigenvalue weighted by Gasteiger charge is -2.20. The molecule has 144 valence electrons. The highest BCUT2D eigenvalue weighted by molar-refractivity contribution is 7.99. The van der Waals surface area contributed by atoms with Crippen LogP contribution >= 0.6 is 11.8 Å². The lowest BCUT2D eigenvalue weighted by atomic mass is 10.2. The second kappa shape index (κ2) is 9.72. The summed E-state index contributed by atoms with van der Waals surface area (Å²) in [6.45, 7) is 6.98. The van der Waals surface area contributed by atoms with Crippen molar-refractivity contribution in [3.63, 3.8) is 0 Å². The van der Waals surface area contributed by atoms with Gasteiger partial charge in [-0.05, 0) is 13.3 Å². The van der Waals surface area contributed by atoms with Crippen LogP contribution in [-0.2, 0) is 11.3 Å². The number of carbonyl (C=O) groups excluding carboxylic acids is 1. The van der Waals surface area contributed by atoms with Gasteiger partial charge in [0.25, 0.3) is 0 Å². The summed E-state index contributed by atoms with van der Waals surface area (Å²) < 4.78 is 7.13. The Kier molecular flexibility index (Phi) is 7.65. The highest BCUT2D eigenvalue weighted by Crippen LogP contribution is 2.22. The third-order valence-corrected chi connectivity index (χ3v) is 5.09. The Hall–Kier alpha value is -1.87. The topological polar surface area (TPSA) is 90.3 Å². The van der Waals surface area contributed by atoms with Crippen molar-refractivity contribution in [1.29, 1.82) is 0 Å². The molecule has 1 atom stereocenters. The van der Waals surface area contributed by atoms with E-state index in [-0.39, 0.29) is 11.7 Å². The zero-order valence-electron chi connectivity index (χ0n) is 16.2. The molecule has 0 saturated carbocycles. The third-order valence-electron chi connectivity index (χ3n) is 4.13. The summed E-state index contributed by atoms with van der Waals surface area (Å²) in [5.41, 5.74) is 0. The summed E-state index contributed by atoms with van der Waals surface area (Å²) in [6.07, 6.45) is 3.14. The Balaban J connectivity index is 2.07. The number of aromatic nitrogens is 4. The molecule has 0 aliphatic rings. The minimum atomic E-state index is -0.139. The van der Waals surface area contributed by atoms with Crippen LogP contribution in [0.5, 0.6) is 0 Å². The number of nitrogens with zero attached hydrogens (tertiary/aromatic N) is 4. The van der Waals surface area contributed by atoms with E-state index in [1.807, 2.05) is 0 Å². The maximum atomic E-state index is 12.2. The molecule has 0 fully saturated rings. The van der Waals surface area contributed by atoms with Gasteiger partial charge in [0.15, 0.2) is 16.8 Å². The van der Waals surface area contributed by atoms with Crippen molar-refractivity contribution < 1.29 is 14.2 Å². The number of hydrogen-bond donors (Lipinski definition) is 2. The molecular weight excluding hydrogens is 352 g/mol. The number of nitrogens with one attached hydrogen (secondary N) is 2. The van der Waals surface area contributed by atoms with Crippen LogP contribution in [0.1, 0.15) is 50.7 Å². The van der Waals surface area contributed by atoms with E-state index in [9.17, 15) is 4.79 Å². The normalized spacial score (nSPS) is 12.5. The van der Waals surface area contributed by atoms with Crippen LogP contribution < -0.4 is 10.2 Å². The van der Waals surface area contributed by atoms with E-state index in [2.05, 4.69) is 53.2 Å². The molecule has 0 bridgehead atoms. The summed E-state index contributed by atoms with van der Waals surface area (Å²) in [4.78, 5) is 13.5. The van der Waals surface area contributed by atoms with Crippen LogP contribution in [0.3, 0.4) is 0 Å². The Morgan fingerprint density at radius 1 is 1.38 bits per heavy atom. The van der Waals surface area contributed by atoms with E-state index in [1.54, 1.807) is 13.0 Å². The van der Waals surface area contributed by atoms with Gasteiger partial charge >= 0.3 is 0 Å². The summed E-state index contributed by atoms with van der Waals surface area (Å²) in [6, 6.07) is 1.98. The number of anilines is 1. The first-order valence-electron chi connectivity index (χ1n) is 9.05. The minimum absolute atomic E-state index is 0.139. The number of amides is 1. The number of quaternary nitrogens is 1. The molecule has 2 aromatic heterocycles. The number of rotatable bonds is 10. The van der Waals surface area contributed by atoms with Crippen molar-refractivity contribution in [3.8, 4) is 0 Å². The zero-order chi connectivity index (χ0) is 19.1. The number of aryl methyl sites for hydroxylation is 1. The van der Waals surface area contributed by atoms with Crippen LogP contribution in [-0.4, -0.2) is 45.7 Å². The average Bonchev–Trinajstić information content (AvgIpc) is 3.18. The molecule has 0 spiro atoms. The Labute approximate surface area is 158 Å². The van der Waals surface area contributed by atoms with Crippen molar-refractivity contribution in [2.75, 3.05) is 25.2 Å². The first kappa shape index (κ1) is 20.4. The second-order valence-corrected chi connectivity index (χ2v) is 7.49. The first-order chi connectivity index (χ1) is 12.5. The van der Waals surface area contributed by atoms with Gasteiger partial charge in [0, 0.05) is 19.0 Å². The fourth-order valence-electron chi connectivity index (χ4n) is 2.77. The van der Waals surface area contributed by atoms with Crippen molar-refractivity contribution in [2.45, 2.75) is 57.8 Å². The molecule has 9 heteroatoms. The highest BCUT2D eigenvalue weighted by Gasteiger charge is 2.25. The molecule has 0 unspecified atom stereocenters. The second-order valence-electron chi connectivity index (χ2n) is 6.54. The van der Waals surface area contributed by atoms with Gasteiger partial charge in [0.05, 0.1) is 19.8 Å². The van der Waals surface area contributed by atoms with Gasteiger partial charge in [-0.25, -0.2) is 0 Å². The Bertz CT molecular complexity index is 712. The minimum Gasteiger partial charge on any atom is -0.360 e. The summed E-state index contributed by atoms with van der Waals surface area (Å²) >= 11 is 1.40. The molecule has 0 aromatic carbocycles. The Morgan fingerprint density at radius 3 is 2.73 bits per heavy atom. The van der Waals surface area contributed by atoms with Gasteiger partial charge < -0.3 is 19.3 Å². The molecule has 2 N–H and O–H groups in total. The summed E-state index contributed by atoms with van der Waals surface area (Å²) in [5, 5.41) is 16.1. The SMILES string of the molecule is CCCCn1c(SCC(=O)Nc2cc(C)on2)nnc1[C@@H](CC)[NH+](C)C. The third kappa shape index (κ3) is 5.31. The molecule has 2 aromatic rings. The molecule has 2 rings (SSSR count). The number of carbonyl (C=O) groups is 1. The quantitative estimate of drug-likeness (QED) is 0.609. The van der Waals surface area contributed by atoms with E-state index >= 15 is 0 Å². The predicted octanol–water partition coefficient (Wildman–Crippen LogP) is 1.70. The number of thioether (sulfide) groups is 1.